The zero-order valence-electron chi connectivity index (χ0n) is 10.2. The molecule has 0 atom stereocenters. The summed E-state index contributed by atoms with van der Waals surface area (Å²) in [6.45, 7) is 0. The quantitative estimate of drug-likeness (QED) is 0.884. The topological polar surface area (TPSA) is 103 Å². The molecule has 1 aromatic heterocycles. The molecule has 0 saturated carbocycles. The molecule has 0 radical (unpaired) electrons. The van der Waals surface area contributed by atoms with Gasteiger partial charge in [-0.05, 0) is 36.4 Å². The van der Waals surface area contributed by atoms with Crippen LogP contribution < -0.4 is 5.32 Å². The van der Waals surface area contributed by atoms with Gasteiger partial charge in [-0.1, -0.05) is 0 Å². The molecule has 1 heterocycles. The summed E-state index contributed by atoms with van der Waals surface area (Å²) >= 11 is 0. The van der Waals surface area contributed by atoms with Crippen LogP contribution in [0.25, 0.3) is 0 Å². The molecule has 0 saturated heterocycles. The van der Waals surface area contributed by atoms with Gasteiger partial charge >= 0.3 is 5.97 Å². The summed E-state index contributed by atoms with van der Waals surface area (Å²) in [6, 6.07) is 10.9. The average molecular weight is 267 g/mol. The van der Waals surface area contributed by atoms with E-state index in [1.54, 1.807) is 24.3 Å². The van der Waals surface area contributed by atoms with E-state index in [0.29, 0.717) is 11.3 Å². The monoisotopic (exact) mass is 267 g/mol. The van der Waals surface area contributed by atoms with Crippen molar-refractivity contribution in [3.05, 3.63) is 59.4 Å². The third-order valence-corrected chi connectivity index (χ3v) is 2.53. The van der Waals surface area contributed by atoms with Crippen molar-refractivity contribution < 1.29 is 14.7 Å². The Morgan fingerprint density at radius 1 is 1.20 bits per heavy atom. The van der Waals surface area contributed by atoms with Crippen molar-refractivity contribution in [3.63, 3.8) is 0 Å². The molecule has 6 nitrogen and oxygen atoms in total. The van der Waals surface area contributed by atoms with Crippen molar-refractivity contribution in [3.8, 4) is 6.07 Å². The fourth-order valence-corrected chi connectivity index (χ4v) is 1.58. The Hall–Kier alpha value is -3.20. The summed E-state index contributed by atoms with van der Waals surface area (Å²) in [5.41, 5.74) is 0.589. The van der Waals surface area contributed by atoms with Gasteiger partial charge in [0.1, 0.15) is 5.69 Å². The van der Waals surface area contributed by atoms with E-state index in [4.69, 9.17) is 10.4 Å². The first-order valence-electron chi connectivity index (χ1n) is 5.61. The van der Waals surface area contributed by atoms with Gasteiger partial charge in [-0.2, -0.15) is 5.26 Å². The predicted octanol–water partition coefficient (Wildman–Crippen LogP) is 1.90. The number of hydrogen-bond donors (Lipinski definition) is 2. The van der Waals surface area contributed by atoms with Gasteiger partial charge in [0.25, 0.3) is 5.91 Å². The molecule has 98 valence electrons. The number of benzene rings is 1. The number of pyridine rings is 1. The molecule has 2 aromatic rings. The Morgan fingerprint density at radius 2 is 1.90 bits per heavy atom. The minimum atomic E-state index is -1.22. The standard InChI is InChI=1S/C14H9N3O3/c15-8-9-3-5-10(6-4-9)17-13(18)12-11(14(19)20)2-1-7-16-12/h1-7H,(H,17,18)(H,19,20). The van der Waals surface area contributed by atoms with Gasteiger partial charge in [-0.25, -0.2) is 4.79 Å². The van der Waals surface area contributed by atoms with Crippen molar-refractivity contribution in [2.24, 2.45) is 0 Å². The minimum absolute atomic E-state index is 0.163. The van der Waals surface area contributed by atoms with E-state index >= 15 is 0 Å². The highest BCUT2D eigenvalue weighted by Crippen LogP contribution is 2.12. The highest BCUT2D eigenvalue weighted by Gasteiger charge is 2.17. The molecule has 2 rings (SSSR count). The number of nitrogens with zero attached hydrogens (tertiary/aromatic N) is 2. The van der Waals surface area contributed by atoms with Crippen molar-refractivity contribution in [1.82, 2.24) is 4.98 Å². The highest BCUT2D eigenvalue weighted by molar-refractivity contribution is 6.09. The highest BCUT2D eigenvalue weighted by atomic mass is 16.4. The zero-order chi connectivity index (χ0) is 14.5. The van der Waals surface area contributed by atoms with E-state index in [1.807, 2.05) is 6.07 Å². The van der Waals surface area contributed by atoms with Crippen LogP contribution in [0.4, 0.5) is 5.69 Å². The SMILES string of the molecule is N#Cc1ccc(NC(=O)c2ncccc2C(=O)O)cc1. The molecule has 0 spiro atoms. The van der Waals surface area contributed by atoms with Crippen LogP contribution in [-0.4, -0.2) is 22.0 Å². The number of carbonyl (C=O) groups is 2. The number of rotatable bonds is 3. The summed E-state index contributed by atoms with van der Waals surface area (Å²) in [4.78, 5) is 26.8. The zero-order valence-corrected chi connectivity index (χ0v) is 10.2. The molecular formula is C14H9N3O3. The number of nitrogens with one attached hydrogen (secondary N) is 1. The van der Waals surface area contributed by atoms with Gasteiger partial charge in [0.15, 0.2) is 0 Å². The van der Waals surface area contributed by atoms with E-state index in [9.17, 15) is 9.59 Å². The number of aromatic nitrogens is 1. The van der Waals surface area contributed by atoms with Gasteiger partial charge in [0.2, 0.25) is 0 Å². The van der Waals surface area contributed by atoms with E-state index in [-0.39, 0.29) is 11.3 Å². The summed E-state index contributed by atoms with van der Waals surface area (Å²) in [5.74, 6) is -1.84. The van der Waals surface area contributed by atoms with Crippen molar-refractivity contribution in [2.45, 2.75) is 0 Å². The first-order chi connectivity index (χ1) is 9.61. The molecule has 0 unspecified atom stereocenters. The summed E-state index contributed by atoms with van der Waals surface area (Å²) in [7, 11) is 0. The fourth-order valence-electron chi connectivity index (χ4n) is 1.58. The number of carbonyl (C=O) groups excluding carboxylic acids is 1. The van der Waals surface area contributed by atoms with Gasteiger partial charge in [0, 0.05) is 11.9 Å². The third-order valence-electron chi connectivity index (χ3n) is 2.53. The number of hydrogen-bond acceptors (Lipinski definition) is 4. The van der Waals surface area contributed by atoms with Crippen LogP contribution in [0.1, 0.15) is 26.4 Å². The number of amides is 1. The van der Waals surface area contributed by atoms with E-state index in [2.05, 4.69) is 10.3 Å². The Balaban J connectivity index is 2.24. The first kappa shape index (κ1) is 13.2. The Labute approximate surface area is 114 Å². The van der Waals surface area contributed by atoms with E-state index in [0.717, 1.165) is 0 Å². The molecule has 0 aliphatic rings. The normalized spacial score (nSPS) is 9.55. The molecule has 1 aromatic carbocycles. The molecule has 6 heteroatoms. The van der Waals surface area contributed by atoms with E-state index < -0.39 is 11.9 Å². The van der Waals surface area contributed by atoms with Crippen LogP contribution in [0.3, 0.4) is 0 Å². The molecule has 0 bridgehead atoms. The second-order valence-corrected chi connectivity index (χ2v) is 3.85. The Kier molecular flexibility index (Phi) is 3.72. The largest absolute Gasteiger partial charge is 0.478 e. The van der Waals surface area contributed by atoms with Crippen LogP contribution >= 0.6 is 0 Å². The van der Waals surface area contributed by atoms with Gasteiger partial charge in [-0.15, -0.1) is 0 Å². The van der Waals surface area contributed by atoms with Crippen LogP contribution in [0.2, 0.25) is 0 Å². The first-order valence-corrected chi connectivity index (χ1v) is 5.61. The average Bonchev–Trinajstić information content (AvgIpc) is 2.48. The van der Waals surface area contributed by atoms with Crippen LogP contribution in [0.5, 0.6) is 0 Å². The van der Waals surface area contributed by atoms with Crippen LogP contribution in [0.15, 0.2) is 42.6 Å². The summed E-state index contributed by atoms with van der Waals surface area (Å²) in [6.07, 6.45) is 1.35. The maximum Gasteiger partial charge on any atom is 0.338 e. The lowest BCUT2D eigenvalue weighted by Gasteiger charge is -2.06. The van der Waals surface area contributed by atoms with Crippen molar-refractivity contribution in [2.75, 3.05) is 5.32 Å². The number of carboxylic acids is 1. The Bertz CT molecular complexity index is 702. The molecule has 20 heavy (non-hydrogen) atoms. The molecule has 0 aliphatic heterocycles. The Morgan fingerprint density at radius 3 is 2.50 bits per heavy atom. The molecule has 0 aliphatic carbocycles. The smallest absolute Gasteiger partial charge is 0.338 e. The van der Waals surface area contributed by atoms with Crippen LogP contribution in [-0.2, 0) is 0 Å². The predicted molar refractivity (Wildman–Crippen MR) is 70.3 cm³/mol. The van der Waals surface area contributed by atoms with Crippen LogP contribution in [0, 0.1) is 11.3 Å². The lowest BCUT2D eigenvalue weighted by molar-refractivity contribution is 0.0691. The van der Waals surface area contributed by atoms with Crippen molar-refractivity contribution >= 4 is 17.6 Å². The van der Waals surface area contributed by atoms with Crippen molar-refractivity contribution in [1.29, 1.82) is 5.26 Å². The molecule has 0 fully saturated rings. The number of aromatic carboxylic acids is 1. The van der Waals surface area contributed by atoms with Gasteiger partial charge in [-0.3, -0.25) is 9.78 Å². The maximum absolute atomic E-state index is 12.0. The minimum Gasteiger partial charge on any atom is -0.478 e. The summed E-state index contributed by atoms with van der Waals surface area (Å²) in [5, 5.41) is 20.2. The molecular weight excluding hydrogens is 258 g/mol. The van der Waals surface area contributed by atoms with Gasteiger partial charge in [0.05, 0.1) is 17.2 Å². The summed E-state index contributed by atoms with van der Waals surface area (Å²) < 4.78 is 0. The fraction of sp³-hybridized carbons (Fsp3) is 0. The maximum atomic E-state index is 12.0. The second-order valence-electron chi connectivity index (χ2n) is 3.85. The number of anilines is 1. The van der Waals surface area contributed by atoms with Gasteiger partial charge < -0.3 is 10.4 Å². The number of nitriles is 1. The molecule has 1 amide bonds. The second kappa shape index (κ2) is 5.63. The number of carboxylic acid groups (broad SMARTS) is 1. The third kappa shape index (κ3) is 2.79. The lowest BCUT2D eigenvalue weighted by atomic mass is 10.1. The molecule has 2 N–H and O–H groups in total. The lowest BCUT2D eigenvalue weighted by Crippen LogP contribution is -2.18. The van der Waals surface area contributed by atoms with E-state index in [1.165, 1.54) is 18.3 Å².